The molecule has 4 heteroatoms. The number of benzene rings is 2. The molecule has 0 saturated carbocycles. The van der Waals surface area contributed by atoms with E-state index in [-0.39, 0.29) is 12.7 Å². The minimum absolute atomic E-state index is 0.0817. The summed E-state index contributed by atoms with van der Waals surface area (Å²) >= 11 is 0. The van der Waals surface area contributed by atoms with Crippen molar-refractivity contribution in [1.29, 1.82) is 0 Å². The fraction of sp³-hybridized carbons (Fsp3) is 0.250. The van der Waals surface area contributed by atoms with E-state index in [1.807, 2.05) is 18.2 Å². The Kier molecular flexibility index (Phi) is 3.59. The van der Waals surface area contributed by atoms with Crippen LogP contribution in [0.25, 0.3) is 0 Å². The van der Waals surface area contributed by atoms with Crippen molar-refractivity contribution in [3.8, 4) is 0 Å². The van der Waals surface area contributed by atoms with Gasteiger partial charge in [-0.05, 0) is 48.3 Å². The number of rotatable bonds is 3. The molecule has 0 fully saturated rings. The van der Waals surface area contributed by atoms with Gasteiger partial charge in [-0.15, -0.1) is 0 Å². The van der Waals surface area contributed by atoms with Gasteiger partial charge in [0.15, 0.2) is 0 Å². The molecule has 102 valence electrons. The van der Waals surface area contributed by atoms with Crippen LogP contribution in [0, 0.1) is 5.82 Å². The third kappa shape index (κ3) is 2.49. The molecule has 20 heavy (non-hydrogen) atoms. The molecule has 2 aromatic carbocycles. The van der Waals surface area contributed by atoms with Crippen molar-refractivity contribution in [3.63, 3.8) is 0 Å². The first-order valence-electron chi connectivity index (χ1n) is 6.77. The van der Waals surface area contributed by atoms with E-state index >= 15 is 0 Å². The van der Waals surface area contributed by atoms with Crippen LogP contribution in [0.15, 0.2) is 42.5 Å². The molecule has 0 bridgehead atoms. The largest absolute Gasteiger partial charge is 0.423 e. The lowest BCUT2D eigenvalue weighted by Crippen LogP contribution is -2.43. The average Bonchev–Trinajstić information content (AvgIpc) is 2.81. The van der Waals surface area contributed by atoms with Crippen LogP contribution in [0.1, 0.15) is 11.1 Å². The van der Waals surface area contributed by atoms with Gasteiger partial charge in [0.05, 0.1) is 6.61 Å². The highest BCUT2D eigenvalue weighted by molar-refractivity contribution is 6.81. The van der Waals surface area contributed by atoms with Crippen molar-refractivity contribution in [2.45, 2.75) is 13.2 Å². The molecular weight excluding hydrogens is 252 g/mol. The first-order chi connectivity index (χ1) is 9.65. The van der Waals surface area contributed by atoms with E-state index in [1.54, 1.807) is 6.07 Å². The zero-order valence-corrected chi connectivity index (χ0v) is 11.8. The minimum Gasteiger partial charge on any atom is -0.423 e. The summed E-state index contributed by atoms with van der Waals surface area (Å²) in [7, 11) is 4.10. The van der Waals surface area contributed by atoms with Crippen LogP contribution >= 0.6 is 0 Å². The average molecular weight is 269 g/mol. The monoisotopic (exact) mass is 269 g/mol. The van der Waals surface area contributed by atoms with E-state index in [9.17, 15) is 4.39 Å². The van der Waals surface area contributed by atoms with E-state index < -0.39 is 0 Å². The van der Waals surface area contributed by atoms with Gasteiger partial charge in [-0.1, -0.05) is 30.3 Å². The highest BCUT2D eigenvalue weighted by Gasteiger charge is 2.31. The lowest BCUT2D eigenvalue weighted by atomic mass is 9.54. The fourth-order valence-corrected chi connectivity index (χ4v) is 2.75. The molecule has 0 atom stereocenters. The van der Waals surface area contributed by atoms with Crippen molar-refractivity contribution < 1.29 is 9.04 Å². The van der Waals surface area contributed by atoms with Crippen LogP contribution in [0.4, 0.5) is 4.39 Å². The van der Waals surface area contributed by atoms with Crippen LogP contribution in [0.5, 0.6) is 0 Å². The zero-order valence-electron chi connectivity index (χ0n) is 11.8. The molecule has 0 aromatic heterocycles. The summed E-state index contributed by atoms with van der Waals surface area (Å²) in [5.41, 5.74) is 4.46. The molecule has 3 rings (SSSR count). The molecule has 1 heterocycles. The maximum Gasteiger partial charge on any atom is 0.362 e. The van der Waals surface area contributed by atoms with Gasteiger partial charge in [0, 0.05) is 6.54 Å². The highest BCUT2D eigenvalue weighted by Crippen LogP contribution is 2.14. The summed E-state index contributed by atoms with van der Waals surface area (Å²) in [5.74, 6) is -0.199. The van der Waals surface area contributed by atoms with Crippen LogP contribution in [-0.4, -0.2) is 25.9 Å². The number of halogens is 1. The standard InChI is InChI=1S/C16H17BFNO/c1-19(2)10-12-5-3-4-6-15(12)17-16-8-7-14(18)9-13(16)11-20-17/h3-9H,10-11H2,1-2H3. The molecule has 0 N–H and O–H groups in total. The lowest BCUT2D eigenvalue weighted by molar-refractivity contribution is 0.336. The Balaban J connectivity index is 2.00. The van der Waals surface area contributed by atoms with E-state index in [1.165, 1.54) is 17.1 Å². The predicted molar refractivity (Wildman–Crippen MR) is 80.0 cm³/mol. The SMILES string of the molecule is CN(C)Cc1ccccc1B1OCc2cc(F)ccc21. The molecule has 2 aromatic rings. The molecule has 0 saturated heterocycles. The van der Waals surface area contributed by atoms with Gasteiger partial charge in [0.25, 0.3) is 0 Å². The molecule has 0 unspecified atom stereocenters. The quantitative estimate of drug-likeness (QED) is 0.783. The van der Waals surface area contributed by atoms with Gasteiger partial charge in [0.2, 0.25) is 0 Å². The molecule has 2 nitrogen and oxygen atoms in total. The van der Waals surface area contributed by atoms with Gasteiger partial charge >= 0.3 is 6.92 Å². The van der Waals surface area contributed by atoms with Gasteiger partial charge in [0.1, 0.15) is 5.82 Å². The fourth-order valence-electron chi connectivity index (χ4n) is 2.75. The Morgan fingerprint density at radius 2 is 1.95 bits per heavy atom. The summed E-state index contributed by atoms with van der Waals surface area (Å²) in [6.45, 7) is 1.27. The van der Waals surface area contributed by atoms with Gasteiger partial charge < -0.3 is 9.55 Å². The zero-order chi connectivity index (χ0) is 14.1. The molecule has 1 aliphatic rings. The maximum absolute atomic E-state index is 13.3. The molecule has 0 aliphatic carbocycles. The summed E-state index contributed by atoms with van der Waals surface area (Å²) < 4.78 is 19.2. The van der Waals surface area contributed by atoms with E-state index in [0.29, 0.717) is 6.61 Å². The Morgan fingerprint density at radius 1 is 1.15 bits per heavy atom. The van der Waals surface area contributed by atoms with E-state index in [4.69, 9.17) is 4.65 Å². The van der Waals surface area contributed by atoms with Crippen LogP contribution in [0.2, 0.25) is 0 Å². The molecule has 1 aliphatic heterocycles. The second-order valence-corrected chi connectivity index (χ2v) is 5.47. The van der Waals surface area contributed by atoms with Crippen molar-refractivity contribution in [3.05, 3.63) is 59.4 Å². The summed E-state index contributed by atoms with van der Waals surface area (Å²) in [6.07, 6.45) is 0. The maximum atomic E-state index is 13.3. The van der Waals surface area contributed by atoms with E-state index in [2.05, 4.69) is 31.1 Å². The van der Waals surface area contributed by atoms with Crippen LogP contribution < -0.4 is 10.9 Å². The van der Waals surface area contributed by atoms with Gasteiger partial charge in [-0.3, -0.25) is 0 Å². The first kappa shape index (κ1) is 13.3. The predicted octanol–water partition coefficient (Wildman–Crippen LogP) is 1.52. The van der Waals surface area contributed by atoms with Gasteiger partial charge in [-0.2, -0.15) is 0 Å². The number of hydrogen-bond acceptors (Lipinski definition) is 2. The minimum atomic E-state index is -0.199. The Bertz CT molecular complexity index is 630. The Hall–Kier alpha value is -1.65. The van der Waals surface area contributed by atoms with Crippen molar-refractivity contribution in [2.24, 2.45) is 0 Å². The number of hydrogen-bond donors (Lipinski definition) is 0. The van der Waals surface area contributed by atoms with Crippen LogP contribution in [0.3, 0.4) is 0 Å². The van der Waals surface area contributed by atoms with Crippen molar-refractivity contribution in [2.75, 3.05) is 14.1 Å². The van der Waals surface area contributed by atoms with Gasteiger partial charge in [-0.25, -0.2) is 4.39 Å². The van der Waals surface area contributed by atoms with Crippen LogP contribution in [-0.2, 0) is 17.8 Å². The molecule has 0 radical (unpaired) electrons. The Labute approximate surface area is 119 Å². The highest BCUT2D eigenvalue weighted by atomic mass is 19.1. The summed E-state index contributed by atoms with van der Waals surface area (Å²) in [6, 6.07) is 13.2. The number of fused-ring (bicyclic) bond motifs is 1. The lowest BCUT2D eigenvalue weighted by Gasteiger charge is -2.16. The topological polar surface area (TPSA) is 12.5 Å². The first-order valence-corrected chi connectivity index (χ1v) is 6.77. The second kappa shape index (κ2) is 5.39. The Morgan fingerprint density at radius 3 is 2.75 bits per heavy atom. The summed E-state index contributed by atoms with van der Waals surface area (Å²) in [4.78, 5) is 2.14. The second-order valence-electron chi connectivity index (χ2n) is 5.47. The van der Waals surface area contributed by atoms with Crippen molar-refractivity contribution >= 4 is 17.8 Å². The van der Waals surface area contributed by atoms with E-state index in [0.717, 1.165) is 17.6 Å². The third-order valence-corrected chi connectivity index (χ3v) is 3.62. The summed E-state index contributed by atoms with van der Waals surface area (Å²) in [5, 5.41) is 0. The number of nitrogens with zero attached hydrogens (tertiary/aromatic N) is 1. The van der Waals surface area contributed by atoms with Crippen molar-refractivity contribution in [1.82, 2.24) is 4.90 Å². The third-order valence-electron chi connectivity index (χ3n) is 3.62. The molecular formula is C16H17BFNO. The molecule has 0 spiro atoms. The molecule has 0 amide bonds. The normalized spacial score (nSPS) is 13.9. The smallest absolute Gasteiger partial charge is 0.362 e.